The molecule has 1 aromatic carbocycles. The Bertz CT molecular complexity index is 494. The summed E-state index contributed by atoms with van der Waals surface area (Å²) < 4.78 is 0. The van der Waals surface area contributed by atoms with Crippen LogP contribution in [0.25, 0.3) is 0 Å². The zero-order chi connectivity index (χ0) is 15.3. The van der Waals surface area contributed by atoms with Gasteiger partial charge in [-0.2, -0.15) is 0 Å². The number of benzene rings is 1. The van der Waals surface area contributed by atoms with Gasteiger partial charge in [-0.15, -0.1) is 0 Å². The topological polar surface area (TPSA) is 66.4 Å². The largest absolute Gasteiger partial charge is 0.481 e. The molecule has 0 aliphatic heterocycles. The Kier molecular flexibility index (Phi) is 5.31. The maximum absolute atomic E-state index is 12.4. The van der Waals surface area contributed by atoms with Crippen molar-refractivity contribution in [3.8, 4) is 0 Å². The highest BCUT2D eigenvalue weighted by Crippen LogP contribution is 2.26. The van der Waals surface area contributed by atoms with Crippen LogP contribution in [0.1, 0.15) is 44.7 Å². The fourth-order valence-electron chi connectivity index (χ4n) is 2.21. The molecule has 1 unspecified atom stereocenters. The van der Waals surface area contributed by atoms with Crippen molar-refractivity contribution in [1.29, 1.82) is 0 Å². The van der Waals surface area contributed by atoms with E-state index in [9.17, 15) is 9.59 Å². The molecule has 0 saturated carbocycles. The van der Waals surface area contributed by atoms with Crippen molar-refractivity contribution in [2.75, 3.05) is 0 Å². The number of hydrogen-bond donors (Lipinski definition) is 2. The lowest BCUT2D eigenvalue weighted by Gasteiger charge is -2.27. The number of rotatable bonds is 6. The summed E-state index contributed by atoms with van der Waals surface area (Å²) in [6.07, 6.45) is 0.497. The fraction of sp³-hybridized carbons (Fsp3) is 0.500. The molecule has 0 aliphatic rings. The standard InChI is InChI=1S/C16H23NO3/c1-11-7-5-6-8-13(11)16(3,4)15(20)17-12(2)9-10-14(18)19/h5-8,12H,9-10H2,1-4H3,(H,17,20)(H,18,19). The van der Waals surface area contributed by atoms with E-state index in [0.29, 0.717) is 6.42 Å². The Morgan fingerprint density at radius 2 is 1.90 bits per heavy atom. The van der Waals surface area contributed by atoms with Gasteiger partial charge in [-0.1, -0.05) is 24.3 Å². The van der Waals surface area contributed by atoms with E-state index in [1.54, 1.807) is 0 Å². The van der Waals surface area contributed by atoms with Crippen LogP contribution in [-0.2, 0) is 15.0 Å². The third-order valence-electron chi connectivity index (χ3n) is 3.55. The van der Waals surface area contributed by atoms with E-state index in [2.05, 4.69) is 5.32 Å². The van der Waals surface area contributed by atoms with E-state index in [4.69, 9.17) is 5.11 Å². The molecule has 1 atom stereocenters. The molecule has 110 valence electrons. The first-order valence-corrected chi connectivity index (χ1v) is 6.84. The monoisotopic (exact) mass is 277 g/mol. The second-order valence-electron chi connectivity index (χ2n) is 5.75. The minimum atomic E-state index is -0.843. The molecular formula is C16H23NO3. The van der Waals surface area contributed by atoms with Crippen molar-refractivity contribution in [3.05, 3.63) is 35.4 Å². The van der Waals surface area contributed by atoms with E-state index in [1.807, 2.05) is 52.0 Å². The summed E-state index contributed by atoms with van der Waals surface area (Å²) in [5.41, 5.74) is 1.43. The summed E-state index contributed by atoms with van der Waals surface area (Å²) in [5.74, 6) is -0.922. The molecule has 0 fully saturated rings. The van der Waals surface area contributed by atoms with Crippen LogP contribution >= 0.6 is 0 Å². The number of hydrogen-bond acceptors (Lipinski definition) is 2. The van der Waals surface area contributed by atoms with Crippen molar-refractivity contribution in [3.63, 3.8) is 0 Å². The van der Waals surface area contributed by atoms with Crippen LogP contribution in [0.3, 0.4) is 0 Å². The van der Waals surface area contributed by atoms with Crippen LogP contribution in [-0.4, -0.2) is 23.0 Å². The van der Waals surface area contributed by atoms with Crippen molar-refractivity contribution in [2.45, 2.75) is 52.0 Å². The fourth-order valence-corrected chi connectivity index (χ4v) is 2.21. The Morgan fingerprint density at radius 3 is 2.45 bits per heavy atom. The number of carbonyl (C=O) groups is 2. The number of amides is 1. The molecule has 0 bridgehead atoms. The van der Waals surface area contributed by atoms with Gasteiger partial charge in [0, 0.05) is 12.5 Å². The zero-order valence-electron chi connectivity index (χ0n) is 12.6. The third-order valence-corrected chi connectivity index (χ3v) is 3.55. The minimum Gasteiger partial charge on any atom is -0.481 e. The molecule has 0 spiro atoms. The molecule has 0 aliphatic carbocycles. The second kappa shape index (κ2) is 6.55. The van der Waals surface area contributed by atoms with Crippen molar-refractivity contribution < 1.29 is 14.7 Å². The number of carboxylic acid groups (broad SMARTS) is 1. The number of nitrogens with one attached hydrogen (secondary N) is 1. The molecule has 1 rings (SSSR count). The van der Waals surface area contributed by atoms with Gasteiger partial charge in [-0.3, -0.25) is 9.59 Å². The number of carboxylic acids is 1. The Hall–Kier alpha value is -1.84. The second-order valence-corrected chi connectivity index (χ2v) is 5.75. The van der Waals surface area contributed by atoms with Crippen LogP contribution < -0.4 is 5.32 Å². The van der Waals surface area contributed by atoms with Gasteiger partial charge in [-0.05, 0) is 45.2 Å². The highest BCUT2D eigenvalue weighted by molar-refractivity contribution is 5.88. The average molecular weight is 277 g/mol. The summed E-state index contributed by atoms with van der Waals surface area (Å²) in [6, 6.07) is 7.66. The predicted molar refractivity (Wildman–Crippen MR) is 78.7 cm³/mol. The molecule has 0 heterocycles. The first kappa shape index (κ1) is 16.2. The molecule has 4 heteroatoms. The molecule has 0 radical (unpaired) electrons. The maximum Gasteiger partial charge on any atom is 0.303 e. The SMILES string of the molecule is Cc1ccccc1C(C)(C)C(=O)NC(C)CCC(=O)O. The molecule has 1 aromatic rings. The molecule has 4 nitrogen and oxygen atoms in total. The van der Waals surface area contributed by atoms with E-state index in [1.165, 1.54) is 0 Å². The van der Waals surface area contributed by atoms with E-state index < -0.39 is 11.4 Å². The quantitative estimate of drug-likeness (QED) is 0.840. The van der Waals surface area contributed by atoms with Crippen LogP contribution in [0.5, 0.6) is 0 Å². The predicted octanol–water partition coefficient (Wildman–Crippen LogP) is 2.64. The summed E-state index contributed by atoms with van der Waals surface area (Å²) in [4.78, 5) is 23.0. The van der Waals surface area contributed by atoms with E-state index >= 15 is 0 Å². The minimum absolute atomic E-state index is 0.0617. The van der Waals surface area contributed by atoms with Crippen molar-refractivity contribution in [2.24, 2.45) is 0 Å². The first-order chi connectivity index (χ1) is 9.25. The van der Waals surface area contributed by atoms with Gasteiger partial charge in [0.1, 0.15) is 0 Å². The number of aliphatic carboxylic acids is 1. The van der Waals surface area contributed by atoms with Gasteiger partial charge in [0.15, 0.2) is 0 Å². The summed E-state index contributed by atoms with van der Waals surface area (Å²) >= 11 is 0. The number of carbonyl (C=O) groups excluding carboxylic acids is 1. The van der Waals surface area contributed by atoms with E-state index in [0.717, 1.165) is 11.1 Å². The lowest BCUT2D eigenvalue weighted by atomic mass is 9.81. The maximum atomic E-state index is 12.4. The van der Waals surface area contributed by atoms with Gasteiger partial charge in [0.25, 0.3) is 0 Å². The highest BCUT2D eigenvalue weighted by Gasteiger charge is 2.31. The van der Waals surface area contributed by atoms with Gasteiger partial charge in [0.05, 0.1) is 5.41 Å². The van der Waals surface area contributed by atoms with Gasteiger partial charge in [-0.25, -0.2) is 0 Å². The molecule has 0 saturated heterocycles. The van der Waals surface area contributed by atoms with Gasteiger partial charge >= 0.3 is 5.97 Å². The van der Waals surface area contributed by atoms with Crippen molar-refractivity contribution in [1.82, 2.24) is 5.32 Å². The smallest absolute Gasteiger partial charge is 0.303 e. The van der Waals surface area contributed by atoms with Crippen molar-refractivity contribution >= 4 is 11.9 Å². The molecule has 20 heavy (non-hydrogen) atoms. The summed E-state index contributed by atoms with van der Waals surface area (Å²) in [7, 11) is 0. The Morgan fingerprint density at radius 1 is 1.30 bits per heavy atom. The summed E-state index contributed by atoms with van der Waals surface area (Å²) in [6.45, 7) is 7.58. The lowest BCUT2D eigenvalue weighted by molar-refractivity contribution is -0.137. The Labute approximate surface area is 120 Å². The van der Waals surface area contributed by atoms with Gasteiger partial charge in [0.2, 0.25) is 5.91 Å². The average Bonchev–Trinajstić information content (AvgIpc) is 2.36. The van der Waals surface area contributed by atoms with E-state index in [-0.39, 0.29) is 18.4 Å². The lowest BCUT2D eigenvalue weighted by Crippen LogP contribution is -2.44. The zero-order valence-corrected chi connectivity index (χ0v) is 12.6. The first-order valence-electron chi connectivity index (χ1n) is 6.84. The summed E-state index contributed by atoms with van der Waals surface area (Å²) in [5, 5.41) is 11.6. The normalized spacial score (nSPS) is 12.8. The molecule has 0 aromatic heterocycles. The van der Waals surface area contributed by atoms with Crippen LogP contribution in [0.15, 0.2) is 24.3 Å². The molecular weight excluding hydrogens is 254 g/mol. The molecule has 2 N–H and O–H groups in total. The van der Waals surface area contributed by atoms with Crippen LogP contribution in [0.4, 0.5) is 0 Å². The highest BCUT2D eigenvalue weighted by atomic mass is 16.4. The van der Waals surface area contributed by atoms with Crippen LogP contribution in [0, 0.1) is 6.92 Å². The Balaban J connectivity index is 2.75. The van der Waals surface area contributed by atoms with Gasteiger partial charge < -0.3 is 10.4 Å². The third kappa shape index (κ3) is 4.08. The molecule has 1 amide bonds. The van der Waals surface area contributed by atoms with Crippen LogP contribution in [0.2, 0.25) is 0 Å². The number of aryl methyl sites for hydroxylation is 1.